The number of sulfonamides is 1. The molecule has 0 atom stereocenters. The summed E-state index contributed by atoms with van der Waals surface area (Å²) in [6.07, 6.45) is -1.51. The van der Waals surface area contributed by atoms with E-state index in [0.717, 1.165) is 34.1 Å². The normalized spacial score (nSPS) is 12.0. The number of benzene rings is 3. The van der Waals surface area contributed by atoms with E-state index in [9.17, 15) is 26.4 Å². The van der Waals surface area contributed by atoms with Crippen LogP contribution in [0.1, 0.15) is 35.6 Å². The molecule has 3 aromatic carbocycles. The minimum absolute atomic E-state index is 0.00831. The maximum atomic E-state index is 13.5. The lowest BCUT2D eigenvalue weighted by Gasteiger charge is -2.27. The molecule has 0 aliphatic heterocycles. The Bertz CT molecular complexity index is 1360. The van der Waals surface area contributed by atoms with Gasteiger partial charge in [0.25, 0.3) is 0 Å². The fourth-order valence-corrected chi connectivity index (χ4v) is 5.24. The van der Waals surface area contributed by atoms with Crippen molar-refractivity contribution in [2.45, 2.75) is 32.5 Å². The third-order valence-electron chi connectivity index (χ3n) is 5.57. The van der Waals surface area contributed by atoms with Crippen LogP contribution in [0.25, 0.3) is 6.08 Å². The highest BCUT2D eigenvalue weighted by atomic mass is 32.2. The summed E-state index contributed by atoms with van der Waals surface area (Å²) >= 11 is 0. The molecule has 3 aromatic rings. The zero-order valence-corrected chi connectivity index (χ0v) is 21.5. The van der Waals surface area contributed by atoms with Crippen LogP contribution in [-0.2, 0) is 34.0 Å². The van der Waals surface area contributed by atoms with Crippen LogP contribution < -0.4 is 9.04 Å². The number of halogens is 3. The van der Waals surface area contributed by atoms with E-state index >= 15 is 0 Å². The Morgan fingerprint density at radius 3 is 2.29 bits per heavy atom. The molecular formula is C28H28F3NO5S. The minimum atomic E-state index is -4.64. The molecule has 0 spiro atoms. The first kappa shape index (κ1) is 28.8. The van der Waals surface area contributed by atoms with Gasteiger partial charge in [0, 0.05) is 12.5 Å². The predicted octanol–water partition coefficient (Wildman–Crippen LogP) is 6.17. The lowest BCUT2D eigenvalue weighted by molar-refractivity contribution is -0.137. The molecule has 0 saturated heterocycles. The van der Waals surface area contributed by atoms with Crippen molar-refractivity contribution < 1.29 is 36.2 Å². The van der Waals surface area contributed by atoms with Crippen molar-refractivity contribution in [1.29, 1.82) is 0 Å². The Morgan fingerprint density at radius 1 is 1.00 bits per heavy atom. The largest absolute Gasteiger partial charge is 0.491 e. The summed E-state index contributed by atoms with van der Waals surface area (Å²) in [6.45, 7) is 1.65. The lowest BCUT2D eigenvalue weighted by Crippen LogP contribution is -2.33. The molecule has 0 fully saturated rings. The predicted molar refractivity (Wildman–Crippen MR) is 140 cm³/mol. The zero-order chi connectivity index (χ0) is 27.8. The molecule has 6 nitrogen and oxygen atoms in total. The highest BCUT2D eigenvalue weighted by molar-refractivity contribution is 7.92. The van der Waals surface area contributed by atoms with Gasteiger partial charge in [-0.15, -0.1) is 0 Å². The molecular weight excluding hydrogens is 519 g/mol. The van der Waals surface area contributed by atoms with E-state index in [1.54, 1.807) is 61.5 Å². The second-order valence-corrected chi connectivity index (χ2v) is 10.5. The molecule has 1 N–H and O–H groups in total. The molecule has 10 heteroatoms. The van der Waals surface area contributed by atoms with Gasteiger partial charge in [-0.1, -0.05) is 61.5 Å². The van der Waals surface area contributed by atoms with Crippen molar-refractivity contribution >= 4 is 27.8 Å². The molecule has 0 bridgehead atoms. The van der Waals surface area contributed by atoms with Gasteiger partial charge in [-0.3, -0.25) is 4.31 Å². The average Bonchev–Trinajstić information content (AvgIpc) is 2.87. The van der Waals surface area contributed by atoms with Crippen LogP contribution >= 0.6 is 0 Å². The van der Waals surface area contributed by atoms with Gasteiger partial charge in [-0.2, -0.15) is 13.2 Å². The third-order valence-corrected chi connectivity index (χ3v) is 7.49. The Labute approximate surface area is 220 Å². The monoisotopic (exact) mass is 547 g/mol. The molecule has 0 saturated carbocycles. The van der Waals surface area contributed by atoms with Crippen molar-refractivity contribution in [1.82, 2.24) is 0 Å². The van der Waals surface area contributed by atoms with E-state index in [1.165, 1.54) is 6.08 Å². The number of hydrogen-bond acceptors (Lipinski definition) is 4. The maximum absolute atomic E-state index is 13.5. The van der Waals surface area contributed by atoms with Crippen molar-refractivity contribution in [2.24, 2.45) is 0 Å². The van der Waals surface area contributed by atoms with Crippen LogP contribution in [0.15, 0.2) is 78.9 Å². The fraction of sp³-hybridized carbons (Fsp3) is 0.250. The quantitative estimate of drug-likeness (QED) is 0.274. The number of ether oxygens (including phenoxy) is 1. The molecule has 0 aliphatic carbocycles. The molecule has 0 aromatic heterocycles. The summed E-state index contributed by atoms with van der Waals surface area (Å²) in [7, 11) is -3.86. The number of aliphatic carboxylic acids is 1. The fourth-order valence-electron chi connectivity index (χ4n) is 3.70. The van der Waals surface area contributed by atoms with E-state index < -0.39 is 27.7 Å². The zero-order valence-electron chi connectivity index (χ0n) is 20.7. The second kappa shape index (κ2) is 12.6. The lowest BCUT2D eigenvalue weighted by atomic mass is 10.1. The molecule has 0 heterocycles. The van der Waals surface area contributed by atoms with Crippen LogP contribution in [0, 0.1) is 0 Å². The van der Waals surface area contributed by atoms with E-state index in [2.05, 4.69) is 0 Å². The van der Waals surface area contributed by atoms with Gasteiger partial charge in [-0.25, -0.2) is 13.2 Å². The summed E-state index contributed by atoms with van der Waals surface area (Å²) < 4.78 is 73.8. The summed E-state index contributed by atoms with van der Waals surface area (Å²) in [4.78, 5) is 10.7. The topological polar surface area (TPSA) is 83.9 Å². The van der Waals surface area contributed by atoms with Gasteiger partial charge in [0.05, 0.1) is 30.2 Å². The summed E-state index contributed by atoms with van der Waals surface area (Å²) in [5, 5.41) is 8.73. The van der Waals surface area contributed by atoms with Gasteiger partial charge < -0.3 is 9.84 Å². The first-order chi connectivity index (χ1) is 18.0. The van der Waals surface area contributed by atoms with Crippen LogP contribution in [0.5, 0.6) is 5.75 Å². The van der Waals surface area contributed by atoms with Crippen molar-refractivity contribution in [2.75, 3.05) is 16.7 Å². The minimum Gasteiger partial charge on any atom is -0.491 e. The Morgan fingerprint density at radius 2 is 1.68 bits per heavy atom. The van der Waals surface area contributed by atoms with E-state index in [-0.39, 0.29) is 30.3 Å². The van der Waals surface area contributed by atoms with E-state index in [4.69, 9.17) is 9.84 Å². The Balaban J connectivity index is 1.90. The molecule has 0 unspecified atom stereocenters. The number of rotatable bonds is 12. The molecule has 38 heavy (non-hydrogen) atoms. The van der Waals surface area contributed by atoms with Gasteiger partial charge in [-0.05, 0) is 47.4 Å². The number of hydrogen-bond donors (Lipinski definition) is 1. The van der Waals surface area contributed by atoms with Crippen LogP contribution in [0.3, 0.4) is 0 Å². The Kier molecular flexibility index (Phi) is 9.57. The SMILES string of the molecule is CCCS(=O)(=O)N(Cc1ccccc1)c1ccc(C(F)(F)F)cc1OCCc1ccc(C=CC(=O)O)cc1. The summed E-state index contributed by atoms with van der Waals surface area (Å²) in [6, 6.07) is 18.5. The standard InChI is InChI=1S/C28H28F3NO5S/c1-2-18-38(35,36)32(20-23-6-4-3-5-7-23)25-14-13-24(28(29,30)31)19-26(25)37-17-16-22-10-8-21(9-11-22)12-15-27(33)34/h3-15,19H,2,16-18,20H2,1H3,(H,33,34). The maximum Gasteiger partial charge on any atom is 0.416 e. The van der Waals surface area contributed by atoms with Gasteiger partial charge in [0.2, 0.25) is 10.0 Å². The number of anilines is 1. The van der Waals surface area contributed by atoms with Crippen molar-refractivity contribution in [3.05, 3.63) is 101 Å². The highest BCUT2D eigenvalue weighted by Crippen LogP contribution is 2.38. The third kappa shape index (κ3) is 8.11. The van der Waals surface area contributed by atoms with Crippen LogP contribution in [0.2, 0.25) is 0 Å². The number of carboxylic acids is 1. The van der Waals surface area contributed by atoms with Crippen molar-refractivity contribution in [3.8, 4) is 5.75 Å². The summed E-state index contributed by atoms with van der Waals surface area (Å²) in [5.41, 5.74) is 1.25. The van der Waals surface area contributed by atoms with Gasteiger partial charge in [0.1, 0.15) is 5.75 Å². The molecule has 0 radical (unpaired) electrons. The van der Waals surface area contributed by atoms with Crippen LogP contribution in [0.4, 0.5) is 18.9 Å². The highest BCUT2D eigenvalue weighted by Gasteiger charge is 2.33. The number of carboxylic acid groups (broad SMARTS) is 1. The van der Waals surface area contributed by atoms with E-state index in [1.807, 2.05) is 0 Å². The van der Waals surface area contributed by atoms with Gasteiger partial charge in [0.15, 0.2) is 0 Å². The first-order valence-corrected chi connectivity index (χ1v) is 13.5. The van der Waals surface area contributed by atoms with Crippen LogP contribution in [-0.4, -0.2) is 31.9 Å². The number of alkyl halides is 3. The molecule has 202 valence electrons. The smallest absolute Gasteiger partial charge is 0.416 e. The van der Waals surface area contributed by atoms with E-state index in [0.29, 0.717) is 24.0 Å². The molecule has 0 aliphatic rings. The summed E-state index contributed by atoms with van der Waals surface area (Å²) in [5.74, 6) is -1.43. The molecule has 0 amide bonds. The average molecular weight is 548 g/mol. The first-order valence-electron chi connectivity index (χ1n) is 11.9. The van der Waals surface area contributed by atoms with Gasteiger partial charge >= 0.3 is 12.1 Å². The van der Waals surface area contributed by atoms with Crippen molar-refractivity contribution in [3.63, 3.8) is 0 Å². The molecule has 3 rings (SSSR count). The number of nitrogens with zero attached hydrogens (tertiary/aromatic N) is 1. The second-order valence-electron chi connectivity index (χ2n) is 8.50. The number of carbonyl (C=O) groups is 1. The Hall–Kier alpha value is -3.79.